The molecule has 4 aromatic heterocycles. The molecule has 0 unspecified atom stereocenters. The first kappa shape index (κ1) is 18.2. The predicted octanol–water partition coefficient (Wildman–Crippen LogP) is 4.76. The van der Waals surface area contributed by atoms with Crippen molar-refractivity contribution in [2.45, 2.75) is 52.5 Å². The fourth-order valence-corrected chi connectivity index (χ4v) is 4.81. The zero-order chi connectivity index (χ0) is 20.3. The number of amides is 1. The van der Waals surface area contributed by atoms with Crippen molar-refractivity contribution in [2.75, 3.05) is 5.32 Å². The lowest BCUT2D eigenvalue weighted by atomic mass is 10.1. The van der Waals surface area contributed by atoms with Gasteiger partial charge in [-0.15, -0.1) is 11.3 Å². The van der Waals surface area contributed by atoms with Crippen LogP contribution >= 0.6 is 11.3 Å². The minimum absolute atomic E-state index is 0.143. The minimum Gasteiger partial charge on any atom is -0.320 e. The second-order valence-electron chi connectivity index (χ2n) is 7.95. The fourth-order valence-electron chi connectivity index (χ4n) is 3.67. The summed E-state index contributed by atoms with van der Waals surface area (Å²) in [6.45, 7) is 8.09. The molecule has 0 spiro atoms. The van der Waals surface area contributed by atoms with E-state index in [4.69, 9.17) is 4.98 Å². The number of anilines is 1. The van der Waals surface area contributed by atoms with Crippen molar-refractivity contribution >= 4 is 44.2 Å². The van der Waals surface area contributed by atoms with E-state index >= 15 is 0 Å². The number of aryl methyl sites for hydroxylation is 2. The van der Waals surface area contributed by atoms with Crippen molar-refractivity contribution in [1.82, 2.24) is 24.7 Å². The Bertz CT molecular complexity index is 1270. The molecule has 0 aromatic carbocycles. The lowest BCUT2D eigenvalue weighted by Gasteiger charge is -2.07. The van der Waals surface area contributed by atoms with Gasteiger partial charge in [-0.05, 0) is 52.2 Å². The lowest BCUT2D eigenvalue weighted by Crippen LogP contribution is -2.11. The molecule has 0 atom stereocenters. The maximum atomic E-state index is 13.0. The van der Waals surface area contributed by atoms with Gasteiger partial charge in [-0.1, -0.05) is 0 Å². The molecule has 1 amide bonds. The Labute approximate surface area is 172 Å². The van der Waals surface area contributed by atoms with E-state index in [9.17, 15) is 4.79 Å². The molecule has 4 heterocycles. The Hall–Kier alpha value is -2.87. The Morgan fingerprint density at radius 1 is 1.24 bits per heavy atom. The van der Waals surface area contributed by atoms with Gasteiger partial charge >= 0.3 is 0 Å². The standard InChI is InChI=1S/C21H22N6OS/c1-10(2)27-19-14(8-23-27)7-15(9-22-19)25-20(28)17-11(3)16-12(4)24-18(13-5-6-13)26-21(16)29-17/h7-10,13H,5-6H2,1-4H3,(H,25,28). The number of hydrogen-bond acceptors (Lipinski definition) is 6. The first-order chi connectivity index (χ1) is 13.9. The molecular weight excluding hydrogens is 384 g/mol. The summed E-state index contributed by atoms with van der Waals surface area (Å²) in [5, 5.41) is 9.26. The number of nitrogens with zero attached hydrogens (tertiary/aromatic N) is 5. The van der Waals surface area contributed by atoms with E-state index in [0.717, 1.165) is 51.2 Å². The predicted molar refractivity (Wildman–Crippen MR) is 115 cm³/mol. The van der Waals surface area contributed by atoms with Crippen molar-refractivity contribution in [3.63, 3.8) is 0 Å². The number of aromatic nitrogens is 5. The number of carbonyl (C=O) groups is 1. The highest BCUT2D eigenvalue weighted by molar-refractivity contribution is 7.20. The normalized spacial score (nSPS) is 14.2. The van der Waals surface area contributed by atoms with Gasteiger partial charge in [-0.25, -0.2) is 19.6 Å². The van der Waals surface area contributed by atoms with Crippen LogP contribution in [0.4, 0.5) is 5.69 Å². The highest BCUT2D eigenvalue weighted by atomic mass is 32.1. The van der Waals surface area contributed by atoms with Gasteiger partial charge in [0.1, 0.15) is 10.7 Å². The molecule has 4 aromatic rings. The topological polar surface area (TPSA) is 85.6 Å². The number of hydrogen-bond donors (Lipinski definition) is 1. The van der Waals surface area contributed by atoms with E-state index < -0.39 is 0 Å². The highest BCUT2D eigenvalue weighted by Gasteiger charge is 2.28. The summed E-state index contributed by atoms with van der Waals surface area (Å²) < 4.78 is 1.87. The van der Waals surface area contributed by atoms with Crippen LogP contribution in [0.5, 0.6) is 0 Å². The van der Waals surface area contributed by atoms with Gasteiger partial charge in [0.25, 0.3) is 5.91 Å². The summed E-state index contributed by atoms with van der Waals surface area (Å²) in [6, 6.07) is 2.14. The summed E-state index contributed by atoms with van der Waals surface area (Å²) >= 11 is 1.44. The van der Waals surface area contributed by atoms with Gasteiger partial charge in [0.05, 0.1) is 28.7 Å². The summed E-state index contributed by atoms with van der Waals surface area (Å²) in [5.74, 6) is 1.26. The Morgan fingerprint density at radius 3 is 2.76 bits per heavy atom. The van der Waals surface area contributed by atoms with Crippen LogP contribution in [0, 0.1) is 13.8 Å². The van der Waals surface area contributed by atoms with Crippen LogP contribution in [-0.4, -0.2) is 30.6 Å². The Balaban J connectivity index is 1.47. The van der Waals surface area contributed by atoms with Crippen LogP contribution in [0.25, 0.3) is 21.3 Å². The third-order valence-corrected chi connectivity index (χ3v) is 6.50. The van der Waals surface area contributed by atoms with Gasteiger partial charge < -0.3 is 5.32 Å². The molecule has 1 N–H and O–H groups in total. The molecule has 7 nitrogen and oxygen atoms in total. The summed E-state index contributed by atoms with van der Waals surface area (Å²) in [4.78, 5) is 28.5. The van der Waals surface area contributed by atoms with Crippen molar-refractivity contribution < 1.29 is 4.79 Å². The van der Waals surface area contributed by atoms with Crippen molar-refractivity contribution in [3.8, 4) is 0 Å². The number of nitrogens with one attached hydrogen (secondary N) is 1. The van der Waals surface area contributed by atoms with Crippen LogP contribution in [-0.2, 0) is 0 Å². The number of carbonyl (C=O) groups excluding carboxylic acids is 1. The molecule has 1 saturated carbocycles. The Morgan fingerprint density at radius 2 is 2.03 bits per heavy atom. The second kappa shape index (κ2) is 6.59. The Kier molecular flexibility index (Phi) is 4.13. The minimum atomic E-state index is -0.143. The van der Waals surface area contributed by atoms with E-state index in [-0.39, 0.29) is 11.9 Å². The summed E-state index contributed by atoms with van der Waals surface area (Å²) in [5.41, 5.74) is 3.36. The molecule has 5 rings (SSSR count). The third kappa shape index (κ3) is 3.07. The first-order valence-electron chi connectivity index (χ1n) is 9.84. The highest BCUT2D eigenvalue weighted by Crippen LogP contribution is 2.40. The summed E-state index contributed by atoms with van der Waals surface area (Å²) in [7, 11) is 0. The fraction of sp³-hybridized carbons (Fsp3) is 0.381. The number of thiophene rings is 1. The average molecular weight is 407 g/mol. The molecule has 1 fully saturated rings. The van der Waals surface area contributed by atoms with E-state index in [1.807, 2.05) is 24.6 Å². The van der Waals surface area contributed by atoms with E-state index in [0.29, 0.717) is 16.5 Å². The number of pyridine rings is 1. The third-order valence-electron chi connectivity index (χ3n) is 5.32. The molecule has 1 aliphatic carbocycles. The molecule has 0 radical (unpaired) electrons. The molecule has 8 heteroatoms. The SMILES string of the molecule is Cc1nc(C2CC2)nc2sc(C(=O)Nc3cnc4c(cnn4C(C)C)c3)c(C)c12. The van der Waals surface area contributed by atoms with E-state index in [1.54, 1.807) is 12.4 Å². The molecule has 0 saturated heterocycles. The van der Waals surface area contributed by atoms with Crippen LogP contribution in [0.3, 0.4) is 0 Å². The maximum absolute atomic E-state index is 13.0. The zero-order valence-electron chi connectivity index (χ0n) is 16.9. The largest absolute Gasteiger partial charge is 0.320 e. The van der Waals surface area contributed by atoms with Crippen LogP contribution < -0.4 is 5.32 Å². The number of rotatable bonds is 4. The van der Waals surface area contributed by atoms with Crippen molar-refractivity contribution in [2.24, 2.45) is 0 Å². The average Bonchev–Trinajstić information content (AvgIpc) is 3.35. The van der Waals surface area contributed by atoms with Gasteiger partial charge in [0.15, 0.2) is 5.65 Å². The monoisotopic (exact) mass is 406 g/mol. The molecule has 1 aliphatic rings. The van der Waals surface area contributed by atoms with E-state index in [2.05, 4.69) is 34.2 Å². The quantitative estimate of drug-likeness (QED) is 0.528. The van der Waals surface area contributed by atoms with Crippen molar-refractivity contribution in [1.29, 1.82) is 0 Å². The molecule has 148 valence electrons. The maximum Gasteiger partial charge on any atom is 0.266 e. The van der Waals surface area contributed by atoms with Crippen LogP contribution in [0.1, 0.15) is 65.4 Å². The van der Waals surface area contributed by atoms with Gasteiger partial charge in [-0.2, -0.15) is 5.10 Å². The molecule has 29 heavy (non-hydrogen) atoms. The summed E-state index contributed by atoms with van der Waals surface area (Å²) in [6.07, 6.45) is 5.78. The van der Waals surface area contributed by atoms with Crippen molar-refractivity contribution in [3.05, 3.63) is 40.4 Å². The molecular formula is C21H22N6OS. The molecule has 0 bridgehead atoms. The molecule has 0 aliphatic heterocycles. The van der Waals surface area contributed by atoms with Crippen LogP contribution in [0.15, 0.2) is 18.5 Å². The van der Waals surface area contributed by atoms with Gasteiger partial charge in [0, 0.05) is 22.7 Å². The smallest absolute Gasteiger partial charge is 0.266 e. The van der Waals surface area contributed by atoms with Gasteiger partial charge in [0.2, 0.25) is 0 Å². The first-order valence-corrected chi connectivity index (χ1v) is 10.7. The lowest BCUT2D eigenvalue weighted by molar-refractivity contribution is 0.103. The van der Waals surface area contributed by atoms with E-state index in [1.165, 1.54) is 11.3 Å². The van der Waals surface area contributed by atoms with Crippen LogP contribution in [0.2, 0.25) is 0 Å². The van der Waals surface area contributed by atoms with Gasteiger partial charge in [-0.3, -0.25) is 4.79 Å². The zero-order valence-corrected chi connectivity index (χ0v) is 17.7. The second-order valence-corrected chi connectivity index (χ2v) is 8.95. The number of fused-ring (bicyclic) bond motifs is 2.